The van der Waals surface area contributed by atoms with E-state index in [4.69, 9.17) is 11.6 Å². The van der Waals surface area contributed by atoms with Gasteiger partial charge in [0.25, 0.3) is 11.8 Å². The van der Waals surface area contributed by atoms with Crippen LogP contribution in [0.1, 0.15) is 66.8 Å². The van der Waals surface area contributed by atoms with Crippen LogP contribution in [0.15, 0.2) is 48.5 Å². The maximum absolute atomic E-state index is 12.9. The van der Waals surface area contributed by atoms with Crippen molar-refractivity contribution in [2.75, 3.05) is 0 Å². The van der Waals surface area contributed by atoms with Crippen LogP contribution in [0, 0.1) is 0 Å². The van der Waals surface area contributed by atoms with Crippen molar-refractivity contribution in [1.29, 1.82) is 0 Å². The van der Waals surface area contributed by atoms with Gasteiger partial charge in [0.2, 0.25) is 0 Å². The fourth-order valence-electron chi connectivity index (χ4n) is 2.61. The monoisotopic (exact) mass is 494 g/mol. The molecule has 30 heavy (non-hydrogen) atoms. The molecule has 0 radical (unpaired) electrons. The van der Waals surface area contributed by atoms with Crippen molar-refractivity contribution in [3.63, 3.8) is 0 Å². The van der Waals surface area contributed by atoms with Crippen molar-refractivity contribution >= 4 is 60.6 Å². The first-order valence-electron chi connectivity index (χ1n) is 9.22. The van der Waals surface area contributed by atoms with Gasteiger partial charge in [0.15, 0.2) is 0 Å². The standard InChI is InChI=1S/C22H27ClN2O2.3ClH/c1-5-6-7-16-8-10-17(11-9-16)20(26)24-25(22(2,3)4)21(27)18-12-14-19(23)15-13-18;;;/h8-15H,5-7H2,1-4H3,(H,24,26);3*1H. The summed E-state index contributed by atoms with van der Waals surface area (Å²) in [7, 11) is 0. The quantitative estimate of drug-likeness (QED) is 0.479. The summed E-state index contributed by atoms with van der Waals surface area (Å²) in [5.74, 6) is -0.596. The van der Waals surface area contributed by atoms with Gasteiger partial charge in [-0.1, -0.05) is 37.1 Å². The predicted molar refractivity (Wildman–Crippen MR) is 132 cm³/mol. The Morgan fingerprint density at radius 2 is 1.40 bits per heavy atom. The van der Waals surface area contributed by atoms with Crippen LogP contribution in [0.2, 0.25) is 5.02 Å². The summed E-state index contributed by atoms with van der Waals surface area (Å²) >= 11 is 5.90. The highest BCUT2D eigenvalue weighted by atomic mass is 35.5. The third kappa shape index (κ3) is 8.73. The zero-order chi connectivity index (χ0) is 20.0. The third-order valence-corrected chi connectivity index (χ3v) is 4.47. The average molecular weight is 496 g/mol. The van der Waals surface area contributed by atoms with E-state index >= 15 is 0 Å². The molecule has 2 aromatic carbocycles. The first-order valence-corrected chi connectivity index (χ1v) is 9.60. The largest absolute Gasteiger partial charge is 0.272 e. The Labute approximate surface area is 203 Å². The van der Waals surface area contributed by atoms with Crippen LogP contribution in [0.25, 0.3) is 0 Å². The minimum absolute atomic E-state index is 0. The number of nitrogens with one attached hydrogen (secondary N) is 1. The van der Waals surface area contributed by atoms with E-state index in [1.165, 1.54) is 10.6 Å². The molecule has 168 valence electrons. The van der Waals surface area contributed by atoms with E-state index in [1.54, 1.807) is 36.4 Å². The number of nitrogens with zero attached hydrogens (tertiary/aromatic N) is 1. The van der Waals surface area contributed by atoms with E-state index in [9.17, 15) is 9.59 Å². The molecule has 0 aliphatic rings. The second kappa shape index (κ2) is 13.8. The van der Waals surface area contributed by atoms with Crippen LogP contribution in [0.5, 0.6) is 0 Å². The second-order valence-corrected chi connectivity index (χ2v) is 8.00. The molecule has 0 saturated heterocycles. The van der Waals surface area contributed by atoms with Crippen molar-refractivity contribution in [2.45, 2.75) is 52.5 Å². The number of hydrogen-bond donors (Lipinski definition) is 1. The number of rotatable bonds is 5. The summed E-state index contributed by atoms with van der Waals surface area (Å²) in [4.78, 5) is 25.6. The molecular formula is C22H30Cl4N2O2. The minimum Gasteiger partial charge on any atom is -0.267 e. The van der Waals surface area contributed by atoms with Crippen molar-refractivity contribution in [3.05, 3.63) is 70.2 Å². The SMILES string of the molecule is CCCCc1ccc(C(=O)NN(C(=O)c2ccc(Cl)cc2)C(C)(C)C)cc1.Cl.Cl.Cl. The summed E-state index contributed by atoms with van der Waals surface area (Å²) in [5.41, 5.74) is 4.36. The number of halogens is 4. The number of unbranched alkanes of at least 4 members (excludes halogenated alkanes) is 1. The van der Waals surface area contributed by atoms with Gasteiger partial charge < -0.3 is 0 Å². The highest BCUT2D eigenvalue weighted by Crippen LogP contribution is 2.18. The zero-order valence-electron chi connectivity index (χ0n) is 17.6. The van der Waals surface area contributed by atoms with Crippen LogP contribution in [0.4, 0.5) is 0 Å². The molecule has 1 N–H and O–H groups in total. The number of carbonyl (C=O) groups excluding carboxylic acids is 2. The molecule has 8 heteroatoms. The van der Waals surface area contributed by atoms with Crippen LogP contribution in [0.3, 0.4) is 0 Å². The summed E-state index contributed by atoms with van der Waals surface area (Å²) in [6, 6.07) is 14.1. The molecular weight excluding hydrogens is 466 g/mol. The number of hydrazine groups is 1. The van der Waals surface area contributed by atoms with Crippen molar-refractivity contribution in [3.8, 4) is 0 Å². The Bertz CT molecular complexity index is 788. The van der Waals surface area contributed by atoms with E-state index in [-0.39, 0.29) is 49.0 Å². The fourth-order valence-corrected chi connectivity index (χ4v) is 2.74. The van der Waals surface area contributed by atoms with Gasteiger partial charge >= 0.3 is 0 Å². The normalized spacial score (nSPS) is 10.0. The van der Waals surface area contributed by atoms with E-state index in [0.29, 0.717) is 16.1 Å². The third-order valence-electron chi connectivity index (χ3n) is 4.21. The molecule has 2 amide bonds. The Morgan fingerprint density at radius 1 is 0.900 bits per heavy atom. The van der Waals surface area contributed by atoms with Crippen molar-refractivity contribution < 1.29 is 9.59 Å². The molecule has 0 unspecified atom stereocenters. The molecule has 0 atom stereocenters. The van der Waals surface area contributed by atoms with E-state index in [1.807, 2.05) is 32.9 Å². The van der Waals surface area contributed by atoms with Crippen LogP contribution >= 0.6 is 48.8 Å². The average Bonchev–Trinajstić information content (AvgIpc) is 2.63. The number of amides is 2. The lowest BCUT2D eigenvalue weighted by Crippen LogP contribution is -2.55. The molecule has 2 rings (SSSR count). The molecule has 0 aliphatic carbocycles. The molecule has 0 fully saturated rings. The first-order chi connectivity index (χ1) is 12.7. The molecule has 0 heterocycles. The topological polar surface area (TPSA) is 49.4 Å². The Kier molecular flexibility index (Phi) is 14.1. The second-order valence-electron chi connectivity index (χ2n) is 7.56. The Morgan fingerprint density at radius 3 is 1.87 bits per heavy atom. The van der Waals surface area contributed by atoms with Gasteiger partial charge in [-0.3, -0.25) is 15.0 Å². The summed E-state index contributed by atoms with van der Waals surface area (Å²) in [6.45, 7) is 7.76. The minimum atomic E-state index is -0.590. The summed E-state index contributed by atoms with van der Waals surface area (Å²) < 4.78 is 0. The maximum atomic E-state index is 12.9. The Hall–Kier alpha value is -1.46. The number of carbonyl (C=O) groups is 2. The van der Waals surface area contributed by atoms with Crippen molar-refractivity contribution in [1.82, 2.24) is 10.4 Å². The molecule has 0 spiro atoms. The molecule has 0 saturated carbocycles. The first kappa shape index (κ1) is 30.7. The van der Waals surface area contributed by atoms with Gasteiger partial charge in [-0.05, 0) is 75.6 Å². The lowest BCUT2D eigenvalue weighted by Gasteiger charge is -2.35. The highest BCUT2D eigenvalue weighted by Gasteiger charge is 2.29. The maximum Gasteiger partial charge on any atom is 0.272 e. The molecule has 2 aromatic rings. The van der Waals surface area contributed by atoms with E-state index in [0.717, 1.165) is 19.3 Å². The van der Waals surface area contributed by atoms with E-state index in [2.05, 4.69) is 12.3 Å². The number of benzene rings is 2. The molecule has 0 aliphatic heterocycles. The predicted octanol–water partition coefficient (Wildman–Crippen LogP) is 6.53. The van der Waals surface area contributed by atoms with Crippen LogP contribution in [-0.4, -0.2) is 22.4 Å². The van der Waals surface area contributed by atoms with Crippen LogP contribution < -0.4 is 5.43 Å². The van der Waals surface area contributed by atoms with Gasteiger partial charge in [0, 0.05) is 16.1 Å². The van der Waals surface area contributed by atoms with Gasteiger partial charge in [0.1, 0.15) is 0 Å². The number of hydrogen-bond acceptors (Lipinski definition) is 2. The fraction of sp³-hybridized carbons (Fsp3) is 0.364. The summed E-state index contributed by atoms with van der Waals surface area (Å²) in [6.07, 6.45) is 3.26. The number of aryl methyl sites for hydroxylation is 1. The zero-order valence-corrected chi connectivity index (χ0v) is 20.8. The highest BCUT2D eigenvalue weighted by molar-refractivity contribution is 6.30. The lowest BCUT2D eigenvalue weighted by atomic mass is 10.1. The summed E-state index contributed by atoms with van der Waals surface area (Å²) in [5, 5.41) is 1.92. The Balaban J connectivity index is 0. The van der Waals surface area contributed by atoms with Gasteiger partial charge in [0.05, 0.1) is 5.54 Å². The molecule has 4 nitrogen and oxygen atoms in total. The van der Waals surface area contributed by atoms with E-state index < -0.39 is 5.54 Å². The van der Waals surface area contributed by atoms with Crippen molar-refractivity contribution in [2.24, 2.45) is 0 Å². The molecule has 0 bridgehead atoms. The lowest BCUT2D eigenvalue weighted by molar-refractivity contribution is 0.0358. The van der Waals surface area contributed by atoms with Gasteiger partial charge in [-0.2, -0.15) is 0 Å². The van der Waals surface area contributed by atoms with Gasteiger partial charge in [-0.15, -0.1) is 37.2 Å². The smallest absolute Gasteiger partial charge is 0.267 e. The van der Waals surface area contributed by atoms with Gasteiger partial charge in [-0.25, -0.2) is 5.01 Å². The van der Waals surface area contributed by atoms with Crippen LogP contribution in [-0.2, 0) is 6.42 Å². The molecule has 0 aromatic heterocycles.